The third-order valence-corrected chi connectivity index (χ3v) is 2.60. The van der Waals surface area contributed by atoms with E-state index in [4.69, 9.17) is 9.84 Å². The van der Waals surface area contributed by atoms with Gasteiger partial charge >= 0.3 is 0 Å². The summed E-state index contributed by atoms with van der Waals surface area (Å²) in [6.45, 7) is 2.04. The molecular weight excluding hydrogens is 236 g/mol. The molecule has 1 atom stereocenters. The Kier molecular flexibility index (Phi) is 5.38. The molecule has 0 aliphatic heterocycles. The number of nitro benzene ring substituents is 1. The van der Waals surface area contributed by atoms with Crippen molar-refractivity contribution in [1.82, 2.24) is 0 Å². The monoisotopic (exact) mass is 254 g/mol. The highest BCUT2D eigenvalue weighted by Gasteiger charge is 2.16. The van der Waals surface area contributed by atoms with Crippen molar-refractivity contribution in [2.75, 3.05) is 19.0 Å². The zero-order chi connectivity index (χ0) is 13.5. The Morgan fingerprint density at radius 1 is 1.56 bits per heavy atom. The summed E-state index contributed by atoms with van der Waals surface area (Å²) in [5.74, 6) is 0.454. The fourth-order valence-corrected chi connectivity index (χ4v) is 1.65. The van der Waals surface area contributed by atoms with E-state index < -0.39 is 4.92 Å². The topological polar surface area (TPSA) is 84.6 Å². The van der Waals surface area contributed by atoms with Crippen LogP contribution in [0, 0.1) is 10.1 Å². The van der Waals surface area contributed by atoms with E-state index in [-0.39, 0.29) is 18.3 Å². The molecule has 0 saturated heterocycles. The molecule has 0 spiro atoms. The lowest BCUT2D eigenvalue weighted by Crippen LogP contribution is -2.16. The summed E-state index contributed by atoms with van der Waals surface area (Å²) < 4.78 is 4.96. The van der Waals surface area contributed by atoms with Crippen LogP contribution >= 0.6 is 0 Å². The van der Waals surface area contributed by atoms with Gasteiger partial charge in [0.1, 0.15) is 11.4 Å². The van der Waals surface area contributed by atoms with E-state index in [1.54, 1.807) is 12.1 Å². The molecule has 18 heavy (non-hydrogen) atoms. The standard InChI is InChI=1S/C12H18N2O4/c1-9(4-3-7-15)13-11-6-5-10(18-2)8-12(11)14(16)17/h5-6,8-9,13,15H,3-4,7H2,1-2H3. The van der Waals surface area contributed by atoms with Gasteiger partial charge in [0.05, 0.1) is 18.1 Å². The maximum Gasteiger partial charge on any atom is 0.296 e. The second-order valence-electron chi connectivity index (χ2n) is 4.05. The first kappa shape index (κ1) is 14.2. The summed E-state index contributed by atoms with van der Waals surface area (Å²) in [5, 5.41) is 22.8. The fraction of sp³-hybridized carbons (Fsp3) is 0.500. The predicted molar refractivity (Wildman–Crippen MR) is 69.1 cm³/mol. The van der Waals surface area contributed by atoms with Crippen LogP contribution in [0.15, 0.2) is 18.2 Å². The van der Waals surface area contributed by atoms with Crippen LogP contribution in [-0.4, -0.2) is 29.8 Å². The number of ether oxygens (including phenoxy) is 1. The molecule has 0 fully saturated rings. The van der Waals surface area contributed by atoms with Crippen LogP contribution in [-0.2, 0) is 0 Å². The Balaban J connectivity index is 2.84. The van der Waals surface area contributed by atoms with Crippen LogP contribution in [0.1, 0.15) is 19.8 Å². The molecule has 6 nitrogen and oxygen atoms in total. The van der Waals surface area contributed by atoms with Gasteiger partial charge in [0.15, 0.2) is 0 Å². The van der Waals surface area contributed by atoms with Gasteiger partial charge in [-0.15, -0.1) is 0 Å². The van der Waals surface area contributed by atoms with E-state index in [1.165, 1.54) is 13.2 Å². The molecule has 1 aromatic carbocycles. The second-order valence-corrected chi connectivity index (χ2v) is 4.05. The molecule has 6 heteroatoms. The number of methoxy groups -OCH3 is 1. The van der Waals surface area contributed by atoms with E-state index >= 15 is 0 Å². The third kappa shape index (κ3) is 3.89. The SMILES string of the molecule is COc1ccc(NC(C)CCCO)c([N+](=O)[O-])c1. The van der Waals surface area contributed by atoms with Crippen molar-refractivity contribution in [2.24, 2.45) is 0 Å². The van der Waals surface area contributed by atoms with Crippen LogP contribution in [0.2, 0.25) is 0 Å². The number of nitro groups is 1. The number of aliphatic hydroxyl groups is 1. The molecular formula is C12H18N2O4. The summed E-state index contributed by atoms with van der Waals surface area (Å²) in [4.78, 5) is 10.5. The zero-order valence-electron chi connectivity index (χ0n) is 10.5. The quantitative estimate of drug-likeness (QED) is 0.575. The predicted octanol–water partition coefficient (Wildman–Crippen LogP) is 2.18. The van der Waals surface area contributed by atoms with Crippen molar-refractivity contribution in [2.45, 2.75) is 25.8 Å². The number of benzene rings is 1. The normalized spacial score (nSPS) is 11.9. The van der Waals surface area contributed by atoms with Gasteiger partial charge in [0.2, 0.25) is 0 Å². The number of hydrogen-bond acceptors (Lipinski definition) is 5. The van der Waals surface area contributed by atoms with Gasteiger partial charge in [-0.1, -0.05) is 0 Å². The summed E-state index contributed by atoms with van der Waals surface area (Å²) in [6.07, 6.45) is 1.41. The lowest BCUT2D eigenvalue weighted by atomic mass is 10.1. The molecule has 1 rings (SSSR count). The summed E-state index contributed by atoms with van der Waals surface area (Å²) in [6, 6.07) is 4.76. The maximum absolute atomic E-state index is 11.0. The van der Waals surface area contributed by atoms with Gasteiger partial charge in [-0.25, -0.2) is 0 Å². The highest BCUT2D eigenvalue weighted by atomic mass is 16.6. The number of nitrogens with one attached hydrogen (secondary N) is 1. The minimum Gasteiger partial charge on any atom is -0.496 e. The Bertz CT molecular complexity index is 409. The molecule has 1 unspecified atom stereocenters. The van der Waals surface area contributed by atoms with Gasteiger partial charge in [-0.3, -0.25) is 10.1 Å². The van der Waals surface area contributed by atoms with Crippen LogP contribution in [0.25, 0.3) is 0 Å². The van der Waals surface area contributed by atoms with Crippen LogP contribution in [0.3, 0.4) is 0 Å². The lowest BCUT2D eigenvalue weighted by Gasteiger charge is -2.15. The molecule has 0 aliphatic carbocycles. The highest BCUT2D eigenvalue weighted by molar-refractivity contribution is 5.64. The average molecular weight is 254 g/mol. The Labute approximate surface area is 106 Å². The van der Waals surface area contributed by atoms with Gasteiger partial charge in [-0.2, -0.15) is 0 Å². The Morgan fingerprint density at radius 2 is 2.28 bits per heavy atom. The summed E-state index contributed by atoms with van der Waals surface area (Å²) in [5.41, 5.74) is 0.455. The maximum atomic E-state index is 11.0. The van der Waals surface area contributed by atoms with Crippen LogP contribution in [0.5, 0.6) is 5.75 Å². The van der Waals surface area contributed by atoms with E-state index in [0.29, 0.717) is 17.9 Å². The zero-order valence-corrected chi connectivity index (χ0v) is 10.5. The summed E-state index contributed by atoms with van der Waals surface area (Å²) in [7, 11) is 1.47. The summed E-state index contributed by atoms with van der Waals surface area (Å²) >= 11 is 0. The van der Waals surface area contributed by atoms with Crippen molar-refractivity contribution in [3.05, 3.63) is 28.3 Å². The lowest BCUT2D eigenvalue weighted by molar-refractivity contribution is -0.384. The molecule has 0 heterocycles. The molecule has 0 aromatic heterocycles. The van der Waals surface area contributed by atoms with Crippen molar-refractivity contribution >= 4 is 11.4 Å². The van der Waals surface area contributed by atoms with Gasteiger partial charge in [-0.05, 0) is 31.9 Å². The van der Waals surface area contributed by atoms with Gasteiger partial charge in [0, 0.05) is 12.6 Å². The number of hydrogen-bond donors (Lipinski definition) is 2. The molecule has 100 valence electrons. The van der Waals surface area contributed by atoms with E-state index in [9.17, 15) is 10.1 Å². The molecule has 0 radical (unpaired) electrons. The van der Waals surface area contributed by atoms with Crippen LogP contribution < -0.4 is 10.1 Å². The van der Waals surface area contributed by atoms with Crippen molar-refractivity contribution in [3.8, 4) is 5.75 Å². The van der Waals surface area contributed by atoms with Gasteiger partial charge < -0.3 is 15.2 Å². The first-order valence-corrected chi connectivity index (χ1v) is 5.78. The van der Waals surface area contributed by atoms with Crippen molar-refractivity contribution < 1.29 is 14.8 Å². The van der Waals surface area contributed by atoms with Crippen molar-refractivity contribution in [1.29, 1.82) is 0 Å². The Hall–Kier alpha value is -1.82. The highest BCUT2D eigenvalue weighted by Crippen LogP contribution is 2.29. The smallest absolute Gasteiger partial charge is 0.296 e. The van der Waals surface area contributed by atoms with Gasteiger partial charge in [0.25, 0.3) is 5.69 Å². The second kappa shape index (κ2) is 6.80. The molecule has 2 N–H and O–H groups in total. The first-order valence-electron chi connectivity index (χ1n) is 5.78. The largest absolute Gasteiger partial charge is 0.496 e. The van der Waals surface area contributed by atoms with Crippen LogP contribution in [0.4, 0.5) is 11.4 Å². The molecule has 0 saturated carbocycles. The fourth-order valence-electron chi connectivity index (χ4n) is 1.65. The average Bonchev–Trinajstić information content (AvgIpc) is 2.36. The number of aliphatic hydroxyl groups excluding tert-OH is 1. The molecule has 0 bridgehead atoms. The first-order chi connectivity index (χ1) is 8.58. The minimum absolute atomic E-state index is 0.00908. The molecule has 1 aromatic rings. The number of nitrogens with zero attached hydrogens (tertiary/aromatic N) is 1. The number of anilines is 1. The number of rotatable bonds is 7. The van der Waals surface area contributed by atoms with Crippen molar-refractivity contribution in [3.63, 3.8) is 0 Å². The minimum atomic E-state index is -0.441. The molecule has 0 aliphatic rings. The Morgan fingerprint density at radius 3 is 2.83 bits per heavy atom. The third-order valence-electron chi connectivity index (χ3n) is 2.60. The van der Waals surface area contributed by atoms with E-state index in [0.717, 1.165) is 6.42 Å². The molecule has 0 amide bonds. The van der Waals surface area contributed by atoms with E-state index in [1.807, 2.05) is 6.92 Å². The van der Waals surface area contributed by atoms with E-state index in [2.05, 4.69) is 5.32 Å².